The molecule has 3 heterocycles. The van der Waals surface area contributed by atoms with Crippen LogP contribution in [0.15, 0.2) is 90.0 Å². The maximum atomic E-state index is 12.9. The quantitative estimate of drug-likeness (QED) is 0.639. The summed E-state index contributed by atoms with van der Waals surface area (Å²) in [7, 11) is 0. The van der Waals surface area contributed by atoms with Gasteiger partial charge in [-0.15, -0.1) is 4.99 Å². The van der Waals surface area contributed by atoms with E-state index in [4.69, 9.17) is 10.00 Å². The number of anilines is 1. The van der Waals surface area contributed by atoms with E-state index in [0.717, 1.165) is 11.3 Å². The van der Waals surface area contributed by atoms with Gasteiger partial charge in [0.15, 0.2) is 0 Å². The van der Waals surface area contributed by atoms with Gasteiger partial charge in [0.05, 0.1) is 11.6 Å². The maximum absolute atomic E-state index is 12.9. The number of rotatable bonds is 5. The van der Waals surface area contributed by atoms with Gasteiger partial charge in [0.1, 0.15) is 12.0 Å². The lowest BCUT2D eigenvalue weighted by atomic mass is 10.1. The van der Waals surface area contributed by atoms with Crippen LogP contribution in [0.25, 0.3) is 5.69 Å². The summed E-state index contributed by atoms with van der Waals surface area (Å²) in [5.74, 6) is -0.360. The first-order valence-corrected chi connectivity index (χ1v) is 10.7. The lowest BCUT2D eigenvalue weighted by molar-refractivity contribution is -0.113. The number of aromatic nitrogens is 1. The zero-order valence-corrected chi connectivity index (χ0v) is 18.1. The van der Waals surface area contributed by atoms with Crippen LogP contribution in [-0.2, 0) is 16.1 Å². The molecule has 2 aromatic carbocycles. The molecule has 1 aromatic heterocycles. The first-order valence-electron chi connectivity index (χ1n) is 10.7. The summed E-state index contributed by atoms with van der Waals surface area (Å²) >= 11 is 0. The summed E-state index contributed by atoms with van der Waals surface area (Å²) in [6, 6.07) is 20.1. The smallest absolute Gasteiger partial charge is 0.348 e. The number of hydrogen-bond donors (Lipinski definition) is 1. The molecule has 0 spiro atoms. The van der Waals surface area contributed by atoms with Crippen LogP contribution in [0, 0.1) is 11.3 Å². The minimum Gasteiger partial charge on any atom is -0.431 e. The number of hydrogen-bond acceptors (Lipinski definition) is 5. The SMILES string of the molecule is N#Cc1cccc(CN2CCN3C(C(=O)Nc4ccc(-n5cccc5)cc4)=COC3=NC2=O)c1. The number of ether oxygens (including phenoxy) is 1. The molecule has 0 atom stereocenters. The number of aliphatic imine (C=N–C) groups is 1. The van der Waals surface area contributed by atoms with Gasteiger partial charge >= 0.3 is 12.1 Å². The van der Waals surface area contributed by atoms with Crippen molar-refractivity contribution in [3.8, 4) is 11.8 Å². The Morgan fingerprint density at radius 3 is 2.65 bits per heavy atom. The Morgan fingerprint density at radius 2 is 1.88 bits per heavy atom. The molecule has 1 N–H and O–H groups in total. The number of nitrogens with zero attached hydrogens (tertiary/aromatic N) is 5. The van der Waals surface area contributed by atoms with Crippen LogP contribution in [-0.4, -0.2) is 45.4 Å². The van der Waals surface area contributed by atoms with E-state index < -0.39 is 6.03 Å². The largest absolute Gasteiger partial charge is 0.431 e. The zero-order chi connectivity index (χ0) is 23.5. The highest BCUT2D eigenvalue weighted by Gasteiger charge is 2.33. The fourth-order valence-corrected chi connectivity index (χ4v) is 3.81. The molecular weight excluding hydrogens is 432 g/mol. The van der Waals surface area contributed by atoms with Crippen molar-refractivity contribution in [1.82, 2.24) is 14.4 Å². The third-order valence-electron chi connectivity index (χ3n) is 5.54. The number of carbonyl (C=O) groups excluding carboxylic acids is 2. The van der Waals surface area contributed by atoms with Crippen molar-refractivity contribution in [2.24, 2.45) is 4.99 Å². The molecule has 0 bridgehead atoms. The second kappa shape index (κ2) is 8.96. The van der Waals surface area contributed by atoms with E-state index in [9.17, 15) is 9.59 Å². The predicted octanol–water partition coefficient (Wildman–Crippen LogP) is 3.45. The Kier molecular flexibility index (Phi) is 5.54. The molecule has 0 saturated carbocycles. The third-order valence-corrected chi connectivity index (χ3v) is 5.54. The third kappa shape index (κ3) is 4.25. The summed E-state index contributed by atoms with van der Waals surface area (Å²) in [6.45, 7) is 0.981. The van der Waals surface area contributed by atoms with Gasteiger partial charge in [-0.3, -0.25) is 9.69 Å². The Bertz CT molecular complexity index is 1340. The van der Waals surface area contributed by atoms with Crippen LogP contribution >= 0.6 is 0 Å². The van der Waals surface area contributed by atoms with E-state index in [1.54, 1.807) is 28.0 Å². The van der Waals surface area contributed by atoms with Crippen LogP contribution in [0.3, 0.4) is 0 Å². The van der Waals surface area contributed by atoms with E-state index in [1.165, 1.54) is 6.26 Å². The van der Waals surface area contributed by atoms with E-state index in [-0.39, 0.29) is 17.6 Å². The highest BCUT2D eigenvalue weighted by molar-refractivity contribution is 6.08. The second-order valence-corrected chi connectivity index (χ2v) is 7.77. The first kappa shape index (κ1) is 21.0. The Labute approximate surface area is 195 Å². The van der Waals surface area contributed by atoms with Gasteiger partial charge in [-0.25, -0.2) is 4.79 Å². The van der Waals surface area contributed by atoms with Crippen LogP contribution in [0.2, 0.25) is 0 Å². The van der Waals surface area contributed by atoms with Crippen molar-refractivity contribution in [1.29, 1.82) is 5.26 Å². The van der Waals surface area contributed by atoms with Crippen molar-refractivity contribution in [3.63, 3.8) is 0 Å². The summed E-state index contributed by atoms with van der Waals surface area (Å²) < 4.78 is 7.41. The molecule has 3 aromatic rings. The molecule has 9 heteroatoms. The number of amides is 3. The fraction of sp³-hybridized carbons (Fsp3) is 0.120. The van der Waals surface area contributed by atoms with Gasteiger partial charge < -0.3 is 19.5 Å². The average Bonchev–Trinajstić information content (AvgIpc) is 3.50. The highest BCUT2D eigenvalue weighted by Crippen LogP contribution is 2.22. The number of nitrogens with one attached hydrogen (secondary N) is 1. The number of urea groups is 1. The lowest BCUT2D eigenvalue weighted by Gasteiger charge is -2.21. The minimum absolute atomic E-state index is 0.0754. The molecule has 0 aliphatic carbocycles. The van der Waals surface area contributed by atoms with Crippen molar-refractivity contribution >= 4 is 23.6 Å². The summed E-state index contributed by atoms with van der Waals surface area (Å²) in [5.41, 5.74) is 3.24. The van der Waals surface area contributed by atoms with Crippen molar-refractivity contribution in [2.75, 3.05) is 18.4 Å². The van der Waals surface area contributed by atoms with Gasteiger partial charge in [-0.05, 0) is 54.1 Å². The number of amidine groups is 1. The summed E-state index contributed by atoms with van der Waals surface area (Å²) in [6.07, 6.45) is 5.19. The molecule has 5 rings (SSSR count). The average molecular weight is 452 g/mol. The van der Waals surface area contributed by atoms with E-state index in [2.05, 4.69) is 16.4 Å². The van der Waals surface area contributed by atoms with Crippen LogP contribution < -0.4 is 5.32 Å². The summed E-state index contributed by atoms with van der Waals surface area (Å²) in [4.78, 5) is 32.8. The van der Waals surface area contributed by atoms with Gasteiger partial charge in [0, 0.05) is 43.4 Å². The van der Waals surface area contributed by atoms with Crippen molar-refractivity contribution in [2.45, 2.75) is 6.54 Å². The second-order valence-electron chi connectivity index (χ2n) is 7.77. The van der Waals surface area contributed by atoms with Gasteiger partial charge in [-0.1, -0.05) is 12.1 Å². The molecule has 0 fully saturated rings. The van der Waals surface area contributed by atoms with Gasteiger partial charge in [0.2, 0.25) is 0 Å². The first-order chi connectivity index (χ1) is 16.6. The van der Waals surface area contributed by atoms with E-state index >= 15 is 0 Å². The van der Waals surface area contributed by atoms with Crippen LogP contribution in [0.5, 0.6) is 0 Å². The Morgan fingerprint density at radius 1 is 1.09 bits per heavy atom. The molecule has 0 unspecified atom stereocenters. The zero-order valence-electron chi connectivity index (χ0n) is 18.1. The predicted molar refractivity (Wildman–Crippen MR) is 125 cm³/mol. The Hall–Kier alpha value is -4.84. The maximum Gasteiger partial charge on any atom is 0.348 e. The number of nitriles is 1. The molecular formula is C25H20N6O3. The molecule has 3 amide bonds. The molecule has 9 nitrogen and oxygen atoms in total. The normalized spacial score (nSPS) is 15.0. The summed E-state index contributed by atoms with van der Waals surface area (Å²) in [5, 5.41) is 12.0. The number of fused-ring (bicyclic) bond motifs is 1. The number of benzene rings is 2. The van der Waals surface area contributed by atoms with E-state index in [1.807, 2.05) is 59.4 Å². The fourth-order valence-electron chi connectivity index (χ4n) is 3.81. The molecule has 0 saturated heterocycles. The van der Waals surface area contributed by atoms with E-state index in [0.29, 0.717) is 30.9 Å². The monoisotopic (exact) mass is 452 g/mol. The standard InChI is InChI=1S/C25H20N6O3/c26-15-18-4-3-5-19(14-18)16-30-12-13-31-22(17-34-25(31)28-24(30)33)23(32)27-20-6-8-21(9-7-20)29-10-1-2-11-29/h1-11,14,17H,12-13,16H2,(H,27,32). The molecule has 34 heavy (non-hydrogen) atoms. The highest BCUT2D eigenvalue weighted by atomic mass is 16.5. The topological polar surface area (TPSA) is 103 Å². The molecule has 2 aliphatic rings. The van der Waals surface area contributed by atoms with Crippen molar-refractivity contribution in [3.05, 3.63) is 96.1 Å². The van der Waals surface area contributed by atoms with Gasteiger partial charge in [-0.2, -0.15) is 5.26 Å². The minimum atomic E-state index is -0.462. The Balaban J connectivity index is 1.25. The molecule has 2 aliphatic heterocycles. The van der Waals surface area contributed by atoms with Crippen LogP contribution in [0.1, 0.15) is 11.1 Å². The van der Waals surface area contributed by atoms with Gasteiger partial charge in [0.25, 0.3) is 5.91 Å². The molecule has 0 radical (unpaired) electrons. The number of carbonyl (C=O) groups is 2. The van der Waals surface area contributed by atoms with Crippen LogP contribution in [0.4, 0.5) is 10.5 Å². The molecule has 168 valence electrons. The van der Waals surface area contributed by atoms with Crippen molar-refractivity contribution < 1.29 is 14.3 Å². The lowest BCUT2D eigenvalue weighted by Crippen LogP contribution is -2.36.